The maximum Gasteiger partial charge on any atom is 0.270 e. The van der Waals surface area contributed by atoms with Gasteiger partial charge in [-0.2, -0.15) is 0 Å². The monoisotopic (exact) mass is 848 g/mol. The second kappa shape index (κ2) is 20.2. The number of hydrogen-bond donors (Lipinski definition) is 8. The lowest BCUT2D eigenvalue weighted by atomic mass is 9.90. The number of rotatable bonds is 0. The molecule has 312 valence electrons. The molecular weight excluding hydrogens is 801 g/mol. The third-order valence-corrected chi connectivity index (χ3v) is 11.3. The molecule has 4 aromatic rings. The molecule has 4 aromatic heterocycles. The third kappa shape index (κ3) is 11.5. The molecule has 2 fully saturated rings. The van der Waals surface area contributed by atoms with E-state index in [1.165, 1.54) is 0 Å². The molecule has 0 saturated heterocycles. The highest BCUT2D eigenvalue weighted by molar-refractivity contribution is 7.80. The highest BCUT2D eigenvalue weighted by Crippen LogP contribution is 2.21. The fraction of sp³-hybridized carbons (Fsp3) is 0.381. The minimum Gasteiger partial charge on any atom is -0.357 e. The number of fused-ring (bicyclic) bond motifs is 10. The van der Waals surface area contributed by atoms with Crippen molar-refractivity contribution in [2.45, 2.75) is 102 Å². The van der Waals surface area contributed by atoms with Crippen molar-refractivity contribution in [3.05, 3.63) is 118 Å². The Kier molecular flexibility index (Phi) is 14.2. The molecule has 60 heavy (non-hydrogen) atoms. The van der Waals surface area contributed by atoms with Crippen LogP contribution in [0.3, 0.4) is 0 Å². The molecule has 16 nitrogen and oxygen atoms in total. The van der Waals surface area contributed by atoms with E-state index in [1.807, 2.05) is 0 Å². The Bertz CT molecular complexity index is 1940. The first-order valence-electron chi connectivity index (χ1n) is 20.3. The fourth-order valence-corrected chi connectivity index (χ4v) is 7.84. The summed E-state index contributed by atoms with van der Waals surface area (Å²) >= 11 is 11.0. The Morgan fingerprint density at radius 2 is 0.617 bits per heavy atom. The maximum atomic E-state index is 13.5. The summed E-state index contributed by atoms with van der Waals surface area (Å²) in [5.41, 5.74) is 3.42. The minimum atomic E-state index is -0.334. The summed E-state index contributed by atoms with van der Waals surface area (Å²) in [7, 11) is 0. The molecule has 0 radical (unpaired) electrons. The van der Waals surface area contributed by atoms with Crippen LogP contribution < -0.4 is 42.5 Å². The summed E-state index contributed by atoms with van der Waals surface area (Å²) in [6, 6.07) is 19.7. The summed E-state index contributed by atoms with van der Waals surface area (Å²) < 4.78 is 0. The summed E-state index contributed by atoms with van der Waals surface area (Å²) in [6.45, 7) is 1.04. The predicted molar refractivity (Wildman–Crippen MR) is 231 cm³/mol. The van der Waals surface area contributed by atoms with Crippen LogP contribution in [0.1, 0.15) is 116 Å². The molecule has 4 amide bonds. The van der Waals surface area contributed by atoms with Gasteiger partial charge in [-0.15, -0.1) is 0 Å². The van der Waals surface area contributed by atoms with Gasteiger partial charge < -0.3 is 42.5 Å². The third-order valence-electron chi connectivity index (χ3n) is 10.7. The Morgan fingerprint density at radius 1 is 0.383 bits per heavy atom. The number of nitrogens with zero attached hydrogens (tertiary/aromatic N) is 4. The van der Waals surface area contributed by atoms with Gasteiger partial charge in [-0.3, -0.25) is 19.2 Å². The molecule has 8 bridgehead atoms. The maximum absolute atomic E-state index is 13.5. The SMILES string of the molecule is O=C1N[C@H]2CCCC[C@@H]2NC(=O)c2cccc(n2)CNC(=S)NCc2cccc(n2)C(=O)N[C@H]2CCCC[C@@H]2NC(=O)c2cccc(n2)CNC(=S)NCc2cccc1n2. The summed E-state index contributed by atoms with van der Waals surface area (Å²) in [4.78, 5) is 72.1. The largest absolute Gasteiger partial charge is 0.357 e. The number of nitrogens with one attached hydrogen (secondary N) is 8. The van der Waals surface area contributed by atoms with E-state index in [4.69, 9.17) is 24.4 Å². The highest BCUT2D eigenvalue weighted by atomic mass is 32.1. The number of hydrogen-bond acceptors (Lipinski definition) is 10. The van der Waals surface area contributed by atoms with Crippen LogP contribution in [-0.2, 0) is 26.2 Å². The highest BCUT2D eigenvalue weighted by Gasteiger charge is 2.31. The second-order valence-corrected chi connectivity index (χ2v) is 15.8. The van der Waals surface area contributed by atoms with E-state index in [1.54, 1.807) is 72.8 Å². The molecule has 7 rings (SSSR count). The van der Waals surface area contributed by atoms with Crippen LogP contribution >= 0.6 is 24.4 Å². The van der Waals surface area contributed by atoms with Crippen molar-refractivity contribution in [3.8, 4) is 0 Å². The zero-order valence-corrected chi connectivity index (χ0v) is 34.6. The molecular formula is C42H48N12O4S2. The quantitative estimate of drug-likeness (QED) is 0.120. The van der Waals surface area contributed by atoms with Crippen molar-refractivity contribution in [1.82, 2.24) is 62.5 Å². The van der Waals surface area contributed by atoms with Crippen LogP contribution in [0.4, 0.5) is 0 Å². The van der Waals surface area contributed by atoms with E-state index < -0.39 is 0 Å². The molecule has 0 unspecified atom stereocenters. The van der Waals surface area contributed by atoms with Gasteiger partial charge in [-0.1, -0.05) is 49.9 Å². The van der Waals surface area contributed by atoms with Crippen molar-refractivity contribution >= 4 is 58.3 Å². The zero-order chi connectivity index (χ0) is 41.8. The van der Waals surface area contributed by atoms with Crippen LogP contribution in [0.5, 0.6) is 0 Å². The fourth-order valence-electron chi connectivity index (χ4n) is 7.55. The van der Waals surface area contributed by atoms with E-state index in [2.05, 4.69) is 62.5 Å². The van der Waals surface area contributed by atoms with E-state index >= 15 is 0 Å². The molecule has 2 aliphatic carbocycles. The van der Waals surface area contributed by atoms with Gasteiger partial charge in [0, 0.05) is 24.2 Å². The van der Waals surface area contributed by atoms with E-state index in [0.717, 1.165) is 25.7 Å². The molecule has 0 aromatic carbocycles. The van der Waals surface area contributed by atoms with Crippen LogP contribution in [0.2, 0.25) is 0 Å². The molecule has 2 saturated carbocycles. The number of pyridine rings is 4. The van der Waals surface area contributed by atoms with Gasteiger partial charge >= 0.3 is 0 Å². The van der Waals surface area contributed by atoms with E-state index in [9.17, 15) is 19.2 Å². The van der Waals surface area contributed by atoms with Crippen molar-refractivity contribution in [3.63, 3.8) is 0 Å². The van der Waals surface area contributed by atoms with Gasteiger partial charge in [0.25, 0.3) is 23.6 Å². The number of thiocarbonyl (C=S) groups is 2. The van der Waals surface area contributed by atoms with Gasteiger partial charge in [-0.25, -0.2) is 19.9 Å². The molecule has 4 atom stereocenters. The minimum absolute atomic E-state index is 0.251. The van der Waals surface area contributed by atoms with Gasteiger partial charge in [0.05, 0.1) is 49.0 Å². The molecule has 5 heterocycles. The molecule has 1 aliphatic heterocycles. The Labute approximate surface area is 358 Å². The van der Waals surface area contributed by atoms with E-state index in [-0.39, 0.29) is 96.8 Å². The molecule has 18 heteroatoms. The number of aromatic nitrogens is 4. The van der Waals surface area contributed by atoms with E-state index in [0.29, 0.717) is 58.7 Å². The lowest BCUT2D eigenvalue weighted by Crippen LogP contribution is -2.53. The van der Waals surface area contributed by atoms with Crippen molar-refractivity contribution < 1.29 is 19.2 Å². The van der Waals surface area contributed by atoms with Crippen molar-refractivity contribution in [2.75, 3.05) is 0 Å². The summed E-state index contributed by atoms with van der Waals surface area (Å²) in [5.74, 6) is -1.34. The lowest BCUT2D eigenvalue weighted by Gasteiger charge is -2.32. The second-order valence-electron chi connectivity index (χ2n) is 15.0. The van der Waals surface area contributed by atoms with Crippen molar-refractivity contribution in [1.29, 1.82) is 0 Å². The number of carbonyl (C=O) groups excluding carboxylic acids is 4. The lowest BCUT2D eigenvalue weighted by molar-refractivity contribution is 0.0857. The van der Waals surface area contributed by atoms with Crippen LogP contribution in [0, 0.1) is 0 Å². The Hall–Kier alpha value is -6.14. The first-order valence-corrected chi connectivity index (χ1v) is 21.1. The molecule has 8 N–H and O–H groups in total. The average Bonchev–Trinajstić information content (AvgIpc) is 3.27. The first-order chi connectivity index (χ1) is 29.2. The smallest absolute Gasteiger partial charge is 0.270 e. The van der Waals surface area contributed by atoms with Gasteiger partial charge in [-0.05, 0) is 98.6 Å². The zero-order valence-electron chi connectivity index (χ0n) is 33.0. The van der Waals surface area contributed by atoms with Crippen LogP contribution in [-0.4, -0.2) is 78.0 Å². The average molecular weight is 849 g/mol. The topological polar surface area (TPSA) is 216 Å². The van der Waals surface area contributed by atoms with Crippen LogP contribution in [0.25, 0.3) is 0 Å². The van der Waals surface area contributed by atoms with Gasteiger partial charge in [0.15, 0.2) is 10.2 Å². The number of carbonyl (C=O) groups is 4. The standard InChI is InChI=1S/C42H48N12O4S2/c55-37-33-17-5-9-25(47-33)21-43-41(59)45-23-27-11-7-19-35(49-27)39(57)53-31-15-3-4-16-32(31)54-40(58)36-20-8-12-28(50-36)24-46-42(60)44-22-26-10-6-18-34(48-26)38(56)52-30-14-2-1-13-29(30)51-37/h5-12,17-20,29-32H,1-4,13-16,21-24H2,(H,51,55)(H,52,56)(H,53,57)(H,54,58)(H2,43,45,59)(H2,44,46,60)/t29-,30-,31-,32-/m0/s1. The summed E-state index contributed by atoms with van der Waals surface area (Å²) in [6.07, 6.45) is 6.47. The normalized spacial score (nSPS) is 22.5. The number of amides is 4. The molecule has 0 spiro atoms. The van der Waals surface area contributed by atoms with Crippen LogP contribution in [0.15, 0.2) is 72.8 Å². The van der Waals surface area contributed by atoms with Crippen molar-refractivity contribution in [2.24, 2.45) is 0 Å². The van der Waals surface area contributed by atoms with Gasteiger partial charge in [0.1, 0.15) is 22.8 Å². The summed E-state index contributed by atoms with van der Waals surface area (Å²) in [5, 5.41) is 25.6. The van der Waals surface area contributed by atoms with Gasteiger partial charge in [0.2, 0.25) is 0 Å². The predicted octanol–water partition coefficient (Wildman–Crippen LogP) is 2.85. The first kappa shape index (κ1) is 42.0. The molecule has 3 aliphatic rings. The Balaban J connectivity index is 1.07. The Morgan fingerprint density at radius 3 is 0.850 bits per heavy atom.